The predicted octanol–water partition coefficient (Wildman–Crippen LogP) is 1.86. The highest BCUT2D eigenvalue weighted by molar-refractivity contribution is 6.00. The van der Waals surface area contributed by atoms with Crippen LogP contribution in [0.1, 0.15) is 18.1 Å². The standard InChI is InChI=1S/C18H20N4O2/c1-13(21-18(24)20-12-14-6-9-19-10-7-14)17(23)22-11-8-15-4-2-3-5-16(15)22/h2-7,9-10,13H,8,11-12H2,1H3,(H2,20,21,24). The lowest BCUT2D eigenvalue weighted by molar-refractivity contribution is -0.119. The third kappa shape index (κ3) is 3.53. The highest BCUT2D eigenvalue weighted by atomic mass is 16.2. The number of carbonyl (C=O) groups is 2. The van der Waals surface area contributed by atoms with Crippen molar-refractivity contribution in [2.24, 2.45) is 0 Å². The minimum Gasteiger partial charge on any atom is -0.334 e. The molecule has 0 bridgehead atoms. The van der Waals surface area contributed by atoms with Gasteiger partial charge in [-0.3, -0.25) is 9.78 Å². The molecule has 1 aliphatic heterocycles. The Bertz CT molecular complexity index is 733. The largest absolute Gasteiger partial charge is 0.334 e. The molecule has 0 fully saturated rings. The zero-order valence-electron chi connectivity index (χ0n) is 13.5. The van der Waals surface area contributed by atoms with Gasteiger partial charge in [0.2, 0.25) is 5.91 Å². The SMILES string of the molecule is CC(NC(=O)NCc1ccncc1)C(=O)N1CCc2ccccc21. The van der Waals surface area contributed by atoms with Gasteiger partial charge < -0.3 is 15.5 Å². The Morgan fingerprint density at radius 2 is 1.96 bits per heavy atom. The molecule has 0 spiro atoms. The molecule has 2 heterocycles. The zero-order valence-corrected chi connectivity index (χ0v) is 13.5. The molecule has 3 rings (SSSR count). The molecule has 2 N–H and O–H groups in total. The average Bonchev–Trinajstić information content (AvgIpc) is 3.04. The average molecular weight is 324 g/mol. The van der Waals surface area contributed by atoms with E-state index >= 15 is 0 Å². The van der Waals surface area contributed by atoms with Gasteiger partial charge in [0.05, 0.1) is 0 Å². The summed E-state index contributed by atoms with van der Waals surface area (Å²) in [4.78, 5) is 30.2. The number of para-hydroxylation sites is 1. The van der Waals surface area contributed by atoms with E-state index in [-0.39, 0.29) is 11.9 Å². The number of amides is 3. The molecule has 0 radical (unpaired) electrons. The highest BCUT2D eigenvalue weighted by Crippen LogP contribution is 2.27. The van der Waals surface area contributed by atoms with E-state index in [1.54, 1.807) is 24.2 Å². The summed E-state index contributed by atoms with van der Waals surface area (Å²) < 4.78 is 0. The van der Waals surface area contributed by atoms with Gasteiger partial charge in [0.1, 0.15) is 6.04 Å². The van der Waals surface area contributed by atoms with Crippen molar-refractivity contribution in [3.63, 3.8) is 0 Å². The summed E-state index contributed by atoms with van der Waals surface area (Å²) in [6.45, 7) is 2.75. The number of fused-ring (bicyclic) bond motifs is 1. The number of nitrogens with one attached hydrogen (secondary N) is 2. The highest BCUT2D eigenvalue weighted by Gasteiger charge is 2.28. The number of pyridine rings is 1. The minimum atomic E-state index is -0.589. The number of carbonyl (C=O) groups excluding carboxylic acids is 2. The molecular weight excluding hydrogens is 304 g/mol. The van der Waals surface area contributed by atoms with E-state index in [9.17, 15) is 9.59 Å². The maximum absolute atomic E-state index is 12.6. The Morgan fingerprint density at radius 1 is 1.21 bits per heavy atom. The predicted molar refractivity (Wildman–Crippen MR) is 91.6 cm³/mol. The van der Waals surface area contributed by atoms with Crippen LogP contribution in [0.4, 0.5) is 10.5 Å². The van der Waals surface area contributed by atoms with Gasteiger partial charge in [0.25, 0.3) is 0 Å². The Labute approximate surface area is 140 Å². The molecule has 2 aromatic rings. The topological polar surface area (TPSA) is 74.3 Å². The van der Waals surface area contributed by atoms with Crippen LogP contribution in [0.15, 0.2) is 48.8 Å². The summed E-state index contributed by atoms with van der Waals surface area (Å²) >= 11 is 0. The maximum Gasteiger partial charge on any atom is 0.315 e. The van der Waals surface area contributed by atoms with E-state index in [0.717, 1.165) is 17.7 Å². The monoisotopic (exact) mass is 324 g/mol. The van der Waals surface area contributed by atoms with Crippen molar-refractivity contribution >= 4 is 17.6 Å². The maximum atomic E-state index is 12.6. The molecule has 124 valence electrons. The van der Waals surface area contributed by atoms with Gasteiger partial charge in [0.15, 0.2) is 0 Å². The first-order valence-electron chi connectivity index (χ1n) is 7.97. The van der Waals surface area contributed by atoms with Crippen molar-refractivity contribution in [1.82, 2.24) is 15.6 Å². The second-order valence-electron chi connectivity index (χ2n) is 5.77. The second kappa shape index (κ2) is 7.12. The van der Waals surface area contributed by atoms with Crippen LogP contribution in [-0.4, -0.2) is 29.5 Å². The Hall–Kier alpha value is -2.89. The van der Waals surface area contributed by atoms with E-state index in [0.29, 0.717) is 13.1 Å². The Kier molecular flexibility index (Phi) is 4.74. The van der Waals surface area contributed by atoms with Crippen molar-refractivity contribution in [2.75, 3.05) is 11.4 Å². The van der Waals surface area contributed by atoms with Gasteiger partial charge in [-0.15, -0.1) is 0 Å². The molecule has 1 unspecified atom stereocenters. The smallest absolute Gasteiger partial charge is 0.315 e. The molecule has 24 heavy (non-hydrogen) atoms. The summed E-state index contributed by atoms with van der Waals surface area (Å²) in [6.07, 6.45) is 4.20. The molecule has 6 nitrogen and oxygen atoms in total. The summed E-state index contributed by atoms with van der Waals surface area (Å²) in [5, 5.41) is 5.45. The van der Waals surface area contributed by atoms with Gasteiger partial charge in [-0.2, -0.15) is 0 Å². The van der Waals surface area contributed by atoms with E-state index in [4.69, 9.17) is 0 Å². The normalized spacial score (nSPS) is 14.0. The van der Waals surface area contributed by atoms with Crippen LogP contribution >= 0.6 is 0 Å². The van der Waals surface area contributed by atoms with Crippen molar-refractivity contribution in [3.8, 4) is 0 Å². The fourth-order valence-electron chi connectivity index (χ4n) is 2.79. The Balaban J connectivity index is 1.54. The van der Waals surface area contributed by atoms with Crippen molar-refractivity contribution in [2.45, 2.75) is 25.9 Å². The van der Waals surface area contributed by atoms with Gasteiger partial charge in [-0.1, -0.05) is 18.2 Å². The molecule has 1 aliphatic rings. The quantitative estimate of drug-likeness (QED) is 0.901. The lowest BCUT2D eigenvalue weighted by atomic mass is 10.2. The number of hydrogen-bond donors (Lipinski definition) is 2. The van der Waals surface area contributed by atoms with Crippen LogP contribution in [0, 0.1) is 0 Å². The molecule has 1 aromatic heterocycles. The third-order valence-electron chi connectivity index (χ3n) is 4.07. The van der Waals surface area contributed by atoms with Crippen LogP contribution < -0.4 is 15.5 Å². The number of benzene rings is 1. The Morgan fingerprint density at radius 3 is 2.75 bits per heavy atom. The number of aromatic nitrogens is 1. The lowest BCUT2D eigenvalue weighted by Crippen LogP contribution is -2.49. The van der Waals surface area contributed by atoms with E-state index in [2.05, 4.69) is 15.6 Å². The molecular formula is C18H20N4O2. The molecule has 6 heteroatoms. The molecule has 0 saturated carbocycles. The van der Waals surface area contributed by atoms with Gasteiger partial charge in [0, 0.05) is 31.2 Å². The van der Waals surface area contributed by atoms with Crippen LogP contribution in [0.2, 0.25) is 0 Å². The minimum absolute atomic E-state index is 0.0981. The number of rotatable bonds is 4. The van der Waals surface area contributed by atoms with E-state index in [1.165, 1.54) is 5.56 Å². The molecule has 0 aliphatic carbocycles. The zero-order chi connectivity index (χ0) is 16.9. The van der Waals surface area contributed by atoms with Crippen LogP contribution in [0.25, 0.3) is 0 Å². The van der Waals surface area contributed by atoms with Crippen molar-refractivity contribution in [1.29, 1.82) is 0 Å². The van der Waals surface area contributed by atoms with E-state index in [1.807, 2.05) is 36.4 Å². The number of nitrogens with zero attached hydrogens (tertiary/aromatic N) is 2. The molecule has 1 atom stereocenters. The van der Waals surface area contributed by atoms with E-state index < -0.39 is 6.04 Å². The first-order valence-corrected chi connectivity index (χ1v) is 7.97. The summed E-state index contributed by atoms with van der Waals surface area (Å²) in [7, 11) is 0. The molecule has 3 amide bonds. The third-order valence-corrected chi connectivity index (χ3v) is 4.07. The molecule has 1 aromatic carbocycles. The van der Waals surface area contributed by atoms with Crippen LogP contribution in [-0.2, 0) is 17.8 Å². The van der Waals surface area contributed by atoms with Gasteiger partial charge in [-0.25, -0.2) is 4.79 Å². The summed E-state index contributed by atoms with van der Waals surface area (Å²) in [5.41, 5.74) is 3.06. The van der Waals surface area contributed by atoms with Crippen molar-refractivity contribution in [3.05, 3.63) is 59.9 Å². The number of hydrogen-bond acceptors (Lipinski definition) is 3. The van der Waals surface area contributed by atoms with Crippen LogP contribution in [0.5, 0.6) is 0 Å². The van der Waals surface area contributed by atoms with Crippen molar-refractivity contribution < 1.29 is 9.59 Å². The lowest BCUT2D eigenvalue weighted by Gasteiger charge is -2.22. The fourth-order valence-corrected chi connectivity index (χ4v) is 2.79. The van der Waals surface area contributed by atoms with Crippen LogP contribution in [0.3, 0.4) is 0 Å². The first-order chi connectivity index (χ1) is 11.6. The number of urea groups is 1. The first kappa shape index (κ1) is 16.0. The van der Waals surface area contributed by atoms with Gasteiger partial charge >= 0.3 is 6.03 Å². The summed E-state index contributed by atoms with van der Waals surface area (Å²) in [5.74, 6) is -0.0981. The second-order valence-corrected chi connectivity index (χ2v) is 5.77. The summed E-state index contributed by atoms with van der Waals surface area (Å²) in [6, 6.07) is 10.6. The van der Waals surface area contributed by atoms with Gasteiger partial charge in [-0.05, 0) is 42.7 Å². The number of anilines is 1. The fraction of sp³-hybridized carbons (Fsp3) is 0.278. The molecule has 0 saturated heterocycles.